The number of hydrogen-bond donors (Lipinski definition) is 2. The summed E-state index contributed by atoms with van der Waals surface area (Å²) >= 11 is 1.78. The number of aromatic nitrogens is 1. The van der Waals surface area contributed by atoms with Gasteiger partial charge in [-0.25, -0.2) is 4.98 Å². The number of nitrogen functional groups attached to an aromatic ring is 1. The summed E-state index contributed by atoms with van der Waals surface area (Å²) in [6.07, 6.45) is 3.03. The minimum Gasteiger partial charge on any atom is -0.399 e. The lowest BCUT2D eigenvalue weighted by Gasteiger charge is -2.12. The molecule has 2 rings (SSSR count). The monoisotopic (exact) mass is 275 g/mol. The third-order valence-electron chi connectivity index (χ3n) is 3.25. The molecule has 1 unspecified atom stereocenters. The molecule has 0 bridgehead atoms. The quantitative estimate of drug-likeness (QED) is 0.822. The Balaban J connectivity index is 1.95. The third kappa shape index (κ3) is 3.55. The van der Waals surface area contributed by atoms with Gasteiger partial charge in [-0.05, 0) is 37.5 Å². The molecule has 0 saturated heterocycles. The molecule has 1 heterocycles. The summed E-state index contributed by atoms with van der Waals surface area (Å²) < 4.78 is 0. The maximum atomic E-state index is 5.92. The van der Waals surface area contributed by atoms with Gasteiger partial charge in [-0.1, -0.05) is 19.1 Å². The van der Waals surface area contributed by atoms with Crippen molar-refractivity contribution in [2.75, 3.05) is 5.73 Å². The van der Waals surface area contributed by atoms with Crippen molar-refractivity contribution in [3.63, 3.8) is 0 Å². The predicted molar refractivity (Wildman–Crippen MR) is 82.3 cm³/mol. The number of hydrogen-bond acceptors (Lipinski definition) is 4. The second-order valence-corrected chi connectivity index (χ2v) is 5.96. The van der Waals surface area contributed by atoms with E-state index in [1.54, 1.807) is 11.3 Å². The Hall–Kier alpha value is -1.39. The molecule has 4 heteroatoms. The molecule has 1 atom stereocenters. The Morgan fingerprint density at radius 2 is 2.21 bits per heavy atom. The van der Waals surface area contributed by atoms with Crippen LogP contribution in [0.5, 0.6) is 0 Å². The molecule has 0 aliphatic rings. The summed E-state index contributed by atoms with van der Waals surface area (Å²) in [6.45, 7) is 7.14. The highest BCUT2D eigenvalue weighted by Crippen LogP contribution is 2.21. The molecule has 0 aliphatic carbocycles. The molecule has 0 amide bonds. The first kappa shape index (κ1) is 14.0. The van der Waals surface area contributed by atoms with Crippen LogP contribution in [0.25, 0.3) is 0 Å². The Kier molecular flexibility index (Phi) is 4.56. The molecule has 102 valence electrons. The van der Waals surface area contributed by atoms with Crippen LogP contribution in [0.4, 0.5) is 5.69 Å². The molecule has 0 radical (unpaired) electrons. The van der Waals surface area contributed by atoms with Gasteiger partial charge in [0.25, 0.3) is 0 Å². The summed E-state index contributed by atoms with van der Waals surface area (Å²) in [5, 5.41) is 4.64. The fourth-order valence-electron chi connectivity index (χ4n) is 1.84. The molecule has 19 heavy (non-hydrogen) atoms. The zero-order chi connectivity index (χ0) is 13.8. The summed E-state index contributed by atoms with van der Waals surface area (Å²) in [4.78, 5) is 5.80. The number of benzene rings is 1. The van der Waals surface area contributed by atoms with Crippen LogP contribution in [-0.2, 0) is 13.0 Å². The molecule has 1 aromatic carbocycles. The van der Waals surface area contributed by atoms with Crippen molar-refractivity contribution < 1.29 is 0 Å². The van der Waals surface area contributed by atoms with E-state index in [1.807, 2.05) is 19.2 Å². The first-order valence-electron chi connectivity index (χ1n) is 6.63. The molecule has 0 spiro atoms. The Bertz CT molecular complexity index is 548. The van der Waals surface area contributed by atoms with Crippen LogP contribution in [0.1, 0.15) is 40.9 Å². The average Bonchev–Trinajstić information content (AvgIpc) is 2.88. The van der Waals surface area contributed by atoms with E-state index in [0.29, 0.717) is 0 Å². The standard InChI is InChI=1S/C15H21N3S/c1-4-13-9-18-15(19-13)11(3)17-8-12-6-5-10(2)14(16)7-12/h5-7,9,11,17H,4,8,16H2,1-3H3. The highest BCUT2D eigenvalue weighted by atomic mass is 32.1. The van der Waals surface area contributed by atoms with Crippen molar-refractivity contribution in [3.8, 4) is 0 Å². The maximum Gasteiger partial charge on any atom is 0.109 e. The van der Waals surface area contributed by atoms with Gasteiger partial charge in [0.05, 0.1) is 6.04 Å². The predicted octanol–water partition coefficient (Wildman–Crippen LogP) is 3.45. The topological polar surface area (TPSA) is 50.9 Å². The normalized spacial score (nSPS) is 12.6. The fourth-order valence-corrected chi connectivity index (χ4v) is 2.73. The lowest BCUT2D eigenvalue weighted by Crippen LogP contribution is -2.18. The van der Waals surface area contributed by atoms with Gasteiger partial charge in [-0.2, -0.15) is 0 Å². The minimum absolute atomic E-state index is 0.271. The first-order chi connectivity index (χ1) is 9.10. The minimum atomic E-state index is 0.271. The first-order valence-corrected chi connectivity index (χ1v) is 7.44. The summed E-state index contributed by atoms with van der Waals surface area (Å²) in [5.41, 5.74) is 9.12. The van der Waals surface area contributed by atoms with Crippen LogP contribution in [-0.4, -0.2) is 4.98 Å². The van der Waals surface area contributed by atoms with E-state index in [0.717, 1.165) is 29.2 Å². The van der Waals surface area contributed by atoms with E-state index in [4.69, 9.17) is 5.73 Å². The molecular formula is C15H21N3S. The second-order valence-electron chi connectivity index (χ2n) is 4.81. The van der Waals surface area contributed by atoms with Crippen LogP contribution in [0, 0.1) is 6.92 Å². The molecule has 0 aliphatic heterocycles. The maximum absolute atomic E-state index is 5.92. The summed E-state index contributed by atoms with van der Waals surface area (Å²) in [7, 11) is 0. The highest BCUT2D eigenvalue weighted by molar-refractivity contribution is 7.11. The molecule has 3 N–H and O–H groups in total. The van der Waals surface area contributed by atoms with Crippen molar-refractivity contribution in [1.82, 2.24) is 10.3 Å². The Morgan fingerprint density at radius 3 is 2.84 bits per heavy atom. The zero-order valence-electron chi connectivity index (χ0n) is 11.7. The zero-order valence-corrected chi connectivity index (χ0v) is 12.6. The summed E-state index contributed by atoms with van der Waals surface area (Å²) in [6, 6.07) is 6.49. The van der Waals surface area contributed by atoms with E-state index < -0.39 is 0 Å². The SMILES string of the molecule is CCc1cnc(C(C)NCc2ccc(C)c(N)c2)s1. The highest BCUT2D eigenvalue weighted by Gasteiger charge is 2.09. The smallest absolute Gasteiger partial charge is 0.109 e. The molecule has 0 fully saturated rings. The van der Waals surface area contributed by atoms with Gasteiger partial charge in [0.15, 0.2) is 0 Å². The number of nitrogens with two attached hydrogens (primary N) is 1. The summed E-state index contributed by atoms with van der Waals surface area (Å²) in [5.74, 6) is 0. The number of aryl methyl sites for hydroxylation is 2. The van der Waals surface area contributed by atoms with Crippen LogP contribution in [0.3, 0.4) is 0 Å². The van der Waals surface area contributed by atoms with Crippen LogP contribution < -0.4 is 11.1 Å². The van der Waals surface area contributed by atoms with E-state index >= 15 is 0 Å². The number of nitrogens with one attached hydrogen (secondary N) is 1. The van der Waals surface area contributed by atoms with Crippen molar-refractivity contribution >= 4 is 17.0 Å². The van der Waals surface area contributed by atoms with E-state index in [9.17, 15) is 0 Å². The number of anilines is 1. The number of rotatable bonds is 5. The van der Waals surface area contributed by atoms with E-state index in [2.05, 4.69) is 36.3 Å². The van der Waals surface area contributed by atoms with Gasteiger partial charge >= 0.3 is 0 Å². The molecule has 0 saturated carbocycles. The Labute approximate surface area is 118 Å². The molecular weight excluding hydrogens is 254 g/mol. The van der Waals surface area contributed by atoms with Crippen molar-refractivity contribution in [2.45, 2.75) is 39.8 Å². The van der Waals surface area contributed by atoms with Crippen LogP contribution in [0.2, 0.25) is 0 Å². The van der Waals surface area contributed by atoms with Gasteiger partial charge in [0.1, 0.15) is 5.01 Å². The van der Waals surface area contributed by atoms with Gasteiger partial charge in [-0.3, -0.25) is 0 Å². The number of thiazole rings is 1. The molecule has 1 aromatic heterocycles. The lowest BCUT2D eigenvalue weighted by molar-refractivity contribution is 0.572. The van der Waals surface area contributed by atoms with Gasteiger partial charge < -0.3 is 11.1 Å². The van der Waals surface area contributed by atoms with Crippen LogP contribution in [0.15, 0.2) is 24.4 Å². The van der Waals surface area contributed by atoms with Gasteiger partial charge in [0, 0.05) is 23.3 Å². The van der Waals surface area contributed by atoms with Crippen LogP contribution >= 0.6 is 11.3 Å². The lowest BCUT2D eigenvalue weighted by atomic mass is 10.1. The average molecular weight is 275 g/mol. The molecule has 2 aromatic rings. The van der Waals surface area contributed by atoms with Crippen molar-refractivity contribution in [1.29, 1.82) is 0 Å². The third-order valence-corrected chi connectivity index (χ3v) is 4.57. The Morgan fingerprint density at radius 1 is 1.42 bits per heavy atom. The van der Waals surface area contributed by atoms with E-state index in [1.165, 1.54) is 10.4 Å². The number of nitrogens with zero attached hydrogens (tertiary/aromatic N) is 1. The largest absolute Gasteiger partial charge is 0.399 e. The van der Waals surface area contributed by atoms with Gasteiger partial charge in [0.2, 0.25) is 0 Å². The molecule has 3 nitrogen and oxygen atoms in total. The van der Waals surface area contributed by atoms with E-state index in [-0.39, 0.29) is 6.04 Å². The second kappa shape index (κ2) is 6.17. The van der Waals surface area contributed by atoms with Gasteiger partial charge in [-0.15, -0.1) is 11.3 Å². The van der Waals surface area contributed by atoms with Crippen molar-refractivity contribution in [2.24, 2.45) is 0 Å². The fraction of sp³-hybridized carbons (Fsp3) is 0.400. The van der Waals surface area contributed by atoms with Crippen molar-refractivity contribution in [3.05, 3.63) is 45.4 Å².